The van der Waals surface area contributed by atoms with Gasteiger partial charge in [0.1, 0.15) is 36.0 Å². The van der Waals surface area contributed by atoms with E-state index in [1.165, 1.54) is 4.90 Å². The number of unbranched alkanes of at least 4 members (excludes halogenated alkanes) is 1. The second-order valence-corrected chi connectivity index (χ2v) is 10.1. The van der Waals surface area contributed by atoms with Gasteiger partial charge in [0.05, 0.1) is 0 Å². The largest absolute Gasteiger partial charge is 0.490 e. The molecule has 0 radical (unpaired) electrons. The molecule has 2 aliphatic heterocycles. The Morgan fingerprint density at radius 2 is 1.84 bits per heavy atom. The minimum absolute atomic E-state index is 0.0196. The number of carbonyl (C=O) groups is 4. The highest BCUT2D eigenvalue weighted by Gasteiger charge is 2.43. The molecule has 208 valence electrons. The van der Waals surface area contributed by atoms with Gasteiger partial charge in [-0.15, -0.1) is 0 Å². The van der Waals surface area contributed by atoms with E-state index in [2.05, 4.69) is 22.5 Å². The van der Waals surface area contributed by atoms with E-state index in [1.54, 1.807) is 32.1 Å². The van der Waals surface area contributed by atoms with Crippen molar-refractivity contribution in [2.75, 3.05) is 19.8 Å². The summed E-state index contributed by atoms with van der Waals surface area (Å²) in [6.07, 6.45) is 4.60. The lowest BCUT2D eigenvalue weighted by Gasteiger charge is -2.36. The number of nitrogens with zero attached hydrogens (tertiary/aromatic N) is 1. The minimum atomic E-state index is -1.29. The molecule has 0 bridgehead atoms. The summed E-state index contributed by atoms with van der Waals surface area (Å²) in [5, 5.41) is 17.7. The summed E-state index contributed by atoms with van der Waals surface area (Å²) in [5.41, 5.74) is -0.477. The van der Waals surface area contributed by atoms with E-state index < -0.39 is 35.5 Å². The number of ether oxygens (including phenoxy) is 1. The number of fused-ring (bicyclic) bond motifs is 1. The number of aliphatic hydroxyl groups excluding tert-OH is 1. The van der Waals surface area contributed by atoms with Gasteiger partial charge in [-0.25, -0.2) is 0 Å². The number of aliphatic hydroxyl groups is 1. The molecule has 2 heterocycles. The van der Waals surface area contributed by atoms with Crippen LogP contribution in [0.4, 0.5) is 0 Å². The van der Waals surface area contributed by atoms with Gasteiger partial charge in [0.15, 0.2) is 0 Å². The van der Waals surface area contributed by atoms with Crippen molar-refractivity contribution in [1.82, 2.24) is 20.9 Å². The van der Waals surface area contributed by atoms with Gasteiger partial charge < -0.3 is 30.7 Å². The van der Waals surface area contributed by atoms with Gasteiger partial charge in [0.25, 0.3) is 0 Å². The molecule has 4 atom stereocenters. The molecule has 0 saturated carbocycles. The second-order valence-electron chi connectivity index (χ2n) is 10.1. The molecule has 0 unspecified atom stereocenters. The molecule has 0 aromatic heterocycles. The molecular formula is C28H40N4O6. The number of hydrogen-bond acceptors (Lipinski definition) is 6. The Kier molecular flexibility index (Phi) is 10.3. The molecule has 2 aliphatic rings. The zero-order valence-electron chi connectivity index (χ0n) is 22.3. The van der Waals surface area contributed by atoms with Crippen LogP contribution in [-0.4, -0.2) is 77.1 Å². The van der Waals surface area contributed by atoms with E-state index >= 15 is 0 Å². The lowest BCUT2D eigenvalue weighted by atomic mass is 9.94. The van der Waals surface area contributed by atoms with E-state index in [9.17, 15) is 19.2 Å². The van der Waals surface area contributed by atoms with Gasteiger partial charge in [-0.05, 0) is 63.1 Å². The summed E-state index contributed by atoms with van der Waals surface area (Å²) in [6.45, 7) is 7.77. The molecule has 0 spiro atoms. The minimum Gasteiger partial charge on any atom is -0.490 e. The lowest BCUT2D eigenvalue weighted by Crippen LogP contribution is -2.65. The standard InChI is InChI=1S/C28H40N4O6/c1-4-17-38-20-13-11-19(12-14-20)18-22-26(36)32-15-8-10-23(32)25(35)29-21(9-6-7-16-33)24(34)31-28(3,5-2)27(37)30-22/h4,11-14,21-23,33H,1,5-10,15-18H2,2-3H3,(H,29,35)(H,30,37)(H,31,34)/t21-,22-,23+,28-/m0/s1. The molecule has 4 amide bonds. The summed E-state index contributed by atoms with van der Waals surface area (Å²) >= 11 is 0. The smallest absolute Gasteiger partial charge is 0.246 e. The maximum atomic E-state index is 13.8. The van der Waals surface area contributed by atoms with Crippen molar-refractivity contribution in [2.45, 2.75) is 82.5 Å². The van der Waals surface area contributed by atoms with Crippen molar-refractivity contribution in [3.05, 3.63) is 42.5 Å². The van der Waals surface area contributed by atoms with E-state index in [0.29, 0.717) is 51.0 Å². The van der Waals surface area contributed by atoms with Crippen LogP contribution in [0.1, 0.15) is 57.9 Å². The summed E-state index contributed by atoms with van der Waals surface area (Å²) in [4.78, 5) is 55.4. The Hall–Kier alpha value is -3.40. The van der Waals surface area contributed by atoms with Gasteiger partial charge in [-0.3, -0.25) is 19.2 Å². The first-order chi connectivity index (χ1) is 18.2. The van der Waals surface area contributed by atoms with E-state index in [1.807, 2.05) is 12.1 Å². The average Bonchev–Trinajstić information content (AvgIpc) is 3.41. The van der Waals surface area contributed by atoms with Gasteiger partial charge in [-0.2, -0.15) is 0 Å². The second kappa shape index (κ2) is 13.4. The highest BCUT2D eigenvalue weighted by Crippen LogP contribution is 2.22. The summed E-state index contributed by atoms with van der Waals surface area (Å²) in [7, 11) is 0. The molecule has 4 N–H and O–H groups in total. The summed E-state index contributed by atoms with van der Waals surface area (Å²) < 4.78 is 5.53. The fourth-order valence-electron chi connectivity index (χ4n) is 4.80. The average molecular weight is 529 g/mol. The van der Waals surface area contributed by atoms with Crippen LogP contribution in [0.2, 0.25) is 0 Å². The van der Waals surface area contributed by atoms with Crippen LogP contribution in [0.25, 0.3) is 0 Å². The Morgan fingerprint density at radius 1 is 1.11 bits per heavy atom. The van der Waals surface area contributed by atoms with Crippen molar-refractivity contribution in [3.8, 4) is 5.75 Å². The van der Waals surface area contributed by atoms with Crippen molar-refractivity contribution < 1.29 is 29.0 Å². The predicted octanol–water partition coefficient (Wildman–Crippen LogP) is 1.22. The molecule has 3 rings (SSSR count). The topological polar surface area (TPSA) is 137 Å². The van der Waals surface area contributed by atoms with Crippen molar-refractivity contribution in [3.63, 3.8) is 0 Å². The number of nitrogens with one attached hydrogen (secondary N) is 3. The first kappa shape index (κ1) is 29.2. The molecule has 1 aromatic rings. The van der Waals surface area contributed by atoms with Gasteiger partial charge in [0, 0.05) is 19.6 Å². The molecule has 38 heavy (non-hydrogen) atoms. The fraction of sp³-hybridized carbons (Fsp3) is 0.571. The SMILES string of the molecule is C=CCOc1ccc(C[C@@H]2NC(=O)[C@](C)(CC)NC(=O)[C@H](CCCCO)NC(=O)[C@H]3CCCN3C2=O)cc1. The van der Waals surface area contributed by atoms with Gasteiger partial charge in [0.2, 0.25) is 23.6 Å². The van der Waals surface area contributed by atoms with Crippen LogP contribution in [0, 0.1) is 0 Å². The number of benzene rings is 1. The van der Waals surface area contributed by atoms with Gasteiger partial charge >= 0.3 is 0 Å². The first-order valence-electron chi connectivity index (χ1n) is 13.4. The molecule has 10 nitrogen and oxygen atoms in total. The van der Waals surface area contributed by atoms with Crippen LogP contribution < -0.4 is 20.7 Å². The molecular weight excluding hydrogens is 488 g/mol. The highest BCUT2D eigenvalue weighted by molar-refractivity contribution is 5.99. The first-order valence-corrected chi connectivity index (χ1v) is 13.4. The maximum absolute atomic E-state index is 13.8. The molecule has 0 aliphatic carbocycles. The van der Waals surface area contributed by atoms with Crippen LogP contribution in [-0.2, 0) is 25.6 Å². The van der Waals surface area contributed by atoms with Crippen LogP contribution in [0.5, 0.6) is 5.75 Å². The molecule has 2 fully saturated rings. The fourth-order valence-corrected chi connectivity index (χ4v) is 4.80. The molecule has 2 saturated heterocycles. The quantitative estimate of drug-likeness (QED) is 0.266. The zero-order chi connectivity index (χ0) is 27.7. The summed E-state index contributed by atoms with van der Waals surface area (Å²) in [5.74, 6) is -0.972. The number of hydrogen-bond donors (Lipinski definition) is 4. The number of amides is 4. The molecule has 10 heteroatoms. The normalized spacial score (nSPS) is 26.4. The Labute approximate surface area is 224 Å². The van der Waals surface area contributed by atoms with Crippen LogP contribution >= 0.6 is 0 Å². The van der Waals surface area contributed by atoms with E-state index in [-0.39, 0.29) is 31.3 Å². The number of carbonyl (C=O) groups excluding carboxylic acids is 4. The lowest BCUT2D eigenvalue weighted by molar-refractivity contribution is -0.144. The number of rotatable bonds is 10. The predicted molar refractivity (Wildman–Crippen MR) is 142 cm³/mol. The Bertz CT molecular complexity index is 1010. The zero-order valence-corrected chi connectivity index (χ0v) is 22.3. The van der Waals surface area contributed by atoms with Crippen LogP contribution in [0.15, 0.2) is 36.9 Å². The monoisotopic (exact) mass is 528 g/mol. The van der Waals surface area contributed by atoms with Crippen molar-refractivity contribution in [2.24, 2.45) is 0 Å². The summed E-state index contributed by atoms with van der Waals surface area (Å²) in [6, 6.07) is 4.74. The third-order valence-electron chi connectivity index (χ3n) is 7.31. The van der Waals surface area contributed by atoms with E-state index in [0.717, 1.165) is 5.56 Å². The Morgan fingerprint density at radius 3 is 2.50 bits per heavy atom. The van der Waals surface area contributed by atoms with Crippen molar-refractivity contribution >= 4 is 23.6 Å². The third kappa shape index (κ3) is 7.12. The molecule has 1 aromatic carbocycles. The maximum Gasteiger partial charge on any atom is 0.246 e. The van der Waals surface area contributed by atoms with Gasteiger partial charge in [-0.1, -0.05) is 31.7 Å². The van der Waals surface area contributed by atoms with Crippen LogP contribution in [0.3, 0.4) is 0 Å². The van der Waals surface area contributed by atoms with Crippen molar-refractivity contribution in [1.29, 1.82) is 0 Å². The highest BCUT2D eigenvalue weighted by atomic mass is 16.5. The van der Waals surface area contributed by atoms with E-state index in [4.69, 9.17) is 9.84 Å². The Balaban J connectivity index is 1.90. The third-order valence-corrected chi connectivity index (χ3v) is 7.31.